The predicted molar refractivity (Wildman–Crippen MR) is 72.3 cm³/mol. The molecule has 5 nitrogen and oxygen atoms in total. The molecule has 0 radical (unpaired) electrons. The van der Waals surface area contributed by atoms with Crippen LogP contribution in [0.5, 0.6) is 0 Å². The number of aliphatic carboxylic acids is 1. The molecule has 2 rings (SSSR count). The summed E-state index contributed by atoms with van der Waals surface area (Å²) < 4.78 is 5.71. The van der Waals surface area contributed by atoms with Crippen LogP contribution in [-0.4, -0.2) is 47.7 Å². The normalized spacial score (nSPS) is 19.8. The summed E-state index contributed by atoms with van der Waals surface area (Å²) in [5, 5.41) is 8.85. The average Bonchev–Trinajstić information content (AvgIpc) is 2.82. The van der Waals surface area contributed by atoms with E-state index in [2.05, 4.69) is 0 Å². The number of carbonyl (C=O) groups is 2. The second-order valence-corrected chi connectivity index (χ2v) is 5.70. The number of thiophene rings is 1. The first-order valence-corrected chi connectivity index (χ1v) is 6.82. The van der Waals surface area contributed by atoms with Gasteiger partial charge in [0, 0.05) is 17.5 Å². The van der Waals surface area contributed by atoms with Crippen molar-refractivity contribution in [1.82, 2.24) is 4.90 Å². The highest BCUT2D eigenvalue weighted by atomic mass is 35.5. The molecule has 102 valence electrons. The maximum Gasteiger partial charge on any atom is 0.334 e. The lowest BCUT2D eigenvalue weighted by molar-refractivity contribution is -0.158. The van der Waals surface area contributed by atoms with Crippen molar-refractivity contribution in [3.05, 3.63) is 27.4 Å². The largest absolute Gasteiger partial charge is 0.479 e. The first-order valence-electron chi connectivity index (χ1n) is 5.63. The molecular weight excluding hydrogens is 290 g/mol. The van der Waals surface area contributed by atoms with Crippen LogP contribution in [0.25, 0.3) is 6.08 Å². The van der Waals surface area contributed by atoms with Crippen molar-refractivity contribution in [2.75, 3.05) is 19.7 Å². The van der Waals surface area contributed by atoms with E-state index < -0.39 is 12.1 Å². The number of carbonyl (C=O) groups excluding carboxylic acids is 1. The zero-order valence-corrected chi connectivity index (χ0v) is 11.5. The van der Waals surface area contributed by atoms with Crippen LogP contribution in [0.2, 0.25) is 4.34 Å². The van der Waals surface area contributed by atoms with E-state index in [1.807, 2.05) is 6.07 Å². The van der Waals surface area contributed by atoms with Crippen molar-refractivity contribution in [2.24, 2.45) is 0 Å². The summed E-state index contributed by atoms with van der Waals surface area (Å²) in [7, 11) is 0. The number of ether oxygens (including phenoxy) is 1. The summed E-state index contributed by atoms with van der Waals surface area (Å²) in [4.78, 5) is 25.1. The summed E-state index contributed by atoms with van der Waals surface area (Å²) in [5.74, 6) is -1.27. The Balaban J connectivity index is 1.96. The molecule has 1 fully saturated rings. The van der Waals surface area contributed by atoms with E-state index in [0.717, 1.165) is 4.88 Å². The molecule has 1 N–H and O–H groups in total. The Hall–Kier alpha value is -1.37. The quantitative estimate of drug-likeness (QED) is 0.863. The molecule has 1 aromatic rings. The Bertz CT molecular complexity index is 514. The van der Waals surface area contributed by atoms with Gasteiger partial charge in [0.1, 0.15) is 0 Å². The molecule has 0 aliphatic carbocycles. The third kappa shape index (κ3) is 3.79. The van der Waals surface area contributed by atoms with E-state index in [1.54, 1.807) is 12.1 Å². The molecule has 1 amide bonds. The summed E-state index contributed by atoms with van der Waals surface area (Å²) in [5.41, 5.74) is 0. The molecule has 0 spiro atoms. The highest BCUT2D eigenvalue weighted by Gasteiger charge is 2.27. The number of morpholine rings is 1. The van der Waals surface area contributed by atoms with Crippen LogP contribution in [0.3, 0.4) is 0 Å². The number of halogens is 1. The van der Waals surface area contributed by atoms with Crippen LogP contribution >= 0.6 is 22.9 Å². The van der Waals surface area contributed by atoms with Crippen LogP contribution in [0.4, 0.5) is 0 Å². The van der Waals surface area contributed by atoms with Gasteiger partial charge in [-0.05, 0) is 18.2 Å². The van der Waals surface area contributed by atoms with Gasteiger partial charge < -0.3 is 14.7 Å². The molecule has 0 aromatic carbocycles. The minimum atomic E-state index is -1.05. The number of hydrogen-bond donors (Lipinski definition) is 1. The second-order valence-electron chi connectivity index (χ2n) is 3.96. The highest BCUT2D eigenvalue weighted by Crippen LogP contribution is 2.22. The lowest BCUT2D eigenvalue weighted by atomic mass is 10.2. The Morgan fingerprint density at radius 2 is 2.32 bits per heavy atom. The number of nitrogens with zero attached hydrogens (tertiary/aromatic N) is 1. The van der Waals surface area contributed by atoms with Crippen molar-refractivity contribution in [3.63, 3.8) is 0 Å². The van der Waals surface area contributed by atoms with Crippen molar-refractivity contribution >= 4 is 40.9 Å². The highest BCUT2D eigenvalue weighted by molar-refractivity contribution is 7.17. The number of rotatable bonds is 3. The van der Waals surface area contributed by atoms with Crippen molar-refractivity contribution < 1.29 is 19.4 Å². The van der Waals surface area contributed by atoms with E-state index in [1.165, 1.54) is 22.3 Å². The van der Waals surface area contributed by atoms with Gasteiger partial charge >= 0.3 is 5.97 Å². The average molecular weight is 302 g/mol. The molecule has 1 aromatic heterocycles. The minimum absolute atomic E-state index is 0.0731. The van der Waals surface area contributed by atoms with E-state index in [4.69, 9.17) is 21.4 Å². The minimum Gasteiger partial charge on any atom is -0.479 e. The molecule has 1 aliphatic rings. The molecule has 1 atom stereocenters. The number of carboxylic acids is 1. The topological polar surface area (TPSA) is 66.8 Å². The van der Waals surface area contributed by atoms with Gasteiger partial charge in [0.25, 0.3) is 0 Å². The monoisotopic (exact) mass is 301 g/mol. The summed E-state index contributed by atoms with van der Waals surface area (Å²) in [6.07, 6.45) is 2.15. The number of hydrogen-bond acceptors (Lipinski definition) is 4. The Kier molecular flexibility index (Phi) is 4.57. The van der Waals surface area contributed by atoms with E-state index in [0.29, 0.717) is 10.9 Å². The van der Waals surface area contributed by atoms with Crippen LogP contribution in [0, 0.1) is 0 Å². The van der Waals surface area contributed by atoms with Gasteiger partial charge in [-0.2, -0.15) is 0 Å². The van der Waals surface area contributed by atoms with Crippen LogP contribution < -0.4 is 0 Å². The van der Waals surface area contributed by atoms with Crippen LogP contribution in [-0.2, 0) is 14.3 Å². The van der Waals surface area contributed by atoms with Crippen molar-refractivity contribution in [3.8, 4) is 0 Å². The fraction of sp³-hybridized carbons (Fsp3) is 0.333. The smallest absolute Gasteiger partial charge is 0.334 e. The van der Waals surface area contributed by atoms with Gasteiger partial charge in [-0.1, -0.05) is 11.6 Å². The predicted octanol–water partition coefficient (Wildman–Crippen LogP) is 1.73. The van der Waals surface area contributed by atoms with Gasteiger partial charge in [-0.15, -0.1) is 11.3 Å². The molecule has 7 heteroatoms. The second kappa shape index (κ2) is 6.18. The van der Waals surface area contributed by atoms with E-state index in [9.17, 15) is 9.59 Å². The molecule has 1 unspecified atom stereocenters. The first-order chi connectivity index (χ1) is 9.06. The molecule has 1 saturated heterocycles. The van der Waals surface area contributed by atoms with Crippen LogP contribution in [0.15, 0.2) is 18.2 Å². The third-order valence-corrected chi connectivity index (χ3v) is 3.83. The maximum absolute atomic E-state index is 11.9. The zero-order valence-electron chi connectivity index (χ0n) is 9.91. The Morgan fingerprint density at radius 1 is 1.53 bits per heavy atom. The number of carboxylic acid groups (broad SMARTS) is 1. The van der Waals surface area contributed by atoms with Gasteiger partial charge in [0.2, 0.25) is 5.91 Å². The van der Waals surface area contributed by atoms with E-state index in [-0.39, 0.29) is 19.1 Å². The summed E-state index contributed by atoms with van der Waals surface area (Å²) >= 11 is 7.16. The SMILES string of the molecule is O=C(O)C1CN(C(=O)C=Cc2ccc(Cl)s2)CCO1. The first kappa shape index (κ1) is 14.0. The fourth-order valence-electron chi connectivity index (χ4n) is 1.68. The zero-order chi connectivity index (χ0) is 13.8. The molecule has 2 heterocycles. The summed E-state index contributed by atoms with van der Waals surface area (Å²) in [6.45, 7) is 0.712. The Morgan fingerprint density at radius 3 is 2.95 bits per heavy atom. The van der Waals surface area contributed by atoms with Crippen LogP contribution in [0.1, 0.15) is 4.88 Å². The van der Waals surface area contributed by atoms with Gasteiger partial charge in [0.15, 0.2) is 6.10 Å². The van der Waals surface area contributed by atoms with Crippen molar-refractivity contribution in [1.29, 1.82) is 0 Å². The molecule has 0 saturated carbocycles. The molecule has 19 heavy (non-hydrogen) atoms. The van der Waals surface area contributed by atoms with Gasteiger partial charge in [-0.3, -0.25) is 4.79 Å². The maximum atomic E-state index is 11.9. The van der Waals surface area contributed by atoms with E-state index >= 15 is 0 Å². The van der Waals surface area contributed by atoms with Crippen molar-refractivity contribution in [2.45, 2.75) is 6.10 Å². The lowest BCUT2D eigenvalue weighted by Gasteiger charge is -2.30. The fourth-order valence-corrected chi connectivity index (χ4v) is 2.64. The van der Waals surface area contributed by atoms with Gasteiger partial charge in [-0.25, -0.2) is 4.79 Å². The Labute approximate surface area is 119 Å². The third-order valence-electron chi connectivity index (χ3n) is 2.64. The lowest BCUT2D eigenvalue weighted by Crippen LogP contribution is -2.48. The number of amides is 1. The standard InChI is InChI=1S/C12H12ClNO4S/c13-10-3-1-8(19-10)2-4-11(15)14-5-6-18-9(7-14)12(16)17/h1-4,9H,5-7H2,(H,16,17). The van der Waals surface area contributed by atoms with Gasteiger partial charge in [0.05, 0.1) is 17.5 Å². The molecular formula is C12H12ClNO4S. The molecule has 1 aliphatic heterocycles. The molecule has 0 bridgehead atoms. The summed E-state index contributed by atoms with van der Waals surface area (Å²) in [6, 6.07) is 3.57.